The Balaban J connectivity index is 1.53. The molecule has 0 aromatic carbocycles. The second-order valence-corrected chi connectivity index (χ2v) is 9.54. The van der Waals surface area contributed by atoms with Crippen LogP contribution in [0.15, 0.2) is 24.5 Å². The molecule has 1 aromatic heterocycles. The highest BCUT2D eigenvalue weighted by molar-refractivity contribution is 5.81. The molecule has 6 heteroatoms. The van der Waals surface area contributed by atoms with E-state index in [-0.39, 0.29) is 24.0 Å². The maximum atomic E-state index is 13.5. The lowest BCUT2D eigenvalue weighted by Crippen LogP contribution is -2.54. The maximum Gasteiger partial charge on any atom is 0.410 e. The highest BCUT2D eigenvalue weighted by atomic mass is 16.6. The number of ether oxygens (including phenoxy) is 1. The molecule has 28 heavy (non-hydrogen) atoms. The lowest BCUT2D eigenvalue weighted by molar-refractivity contribution is -0.142. The molecule has 2 bridgehead atoms. The van der Waals surface area contributed by atoms with E-state index in [2.05, 4.69) is 4.98 Å². The molecule has 1 aromatic rings. The minimum absolute atomic E-state index is 0.143. The molecule has 2 aliphatic carbocycles. The zero-order valence-electron chi connectivity index (χ0n) is 17.1. The summed E-state index contributed by atoms with van der Waals surface area (Å²) in [6.07, 6.45) is 7.93. The highest BCUT2D eigenvalue weighted by Crippen LogP contribution is 2.49. The molecule has 2 saturated carbocycles. The van der Waals surface area contributed by atoms with E-state index in [0.29, 0.717) is 25.6 Å². The SMILES string of the molecule is CC(C)(C)OC(=O)N1CCN(C(=O)[C@H]2C[C@H]3CC[C@H]2C3)[C@H](c2ccncc2)C1. The van der Waals surface area contributed by atoms with E-state index in [1.807, 2.05) is 37.8 Å². The smallest absolute Gasteiger partial charge is 0.410 e. The first-order valence-corrected chi connectivity index (χ1v) is 10.5. The van der Waals surface area contributed by atoms with Crippen molar-refractivity contribution < 1.29 is 14.3 Å². The molecule has 3 aliphatic rings. The number of carbonyl (C=O) groups excluding carboxylic acids is 2. The standard InChI is InChI=1S/C22H31N3O3/c1-22(2,3)28-21(27)24-10-11-25(19(14-24)16-6-8-23-9-7-16)20(26)18-13-15-4-5-17(18)12-15/h6-9,15,17-19H,4-5,10-14H2,1-3H3/t15-,17-,18-,19-/m0/s1. The van der Waals surface area contributed by atoms with Crippen LogP contribution in [0.2, 0.25) is 0 Å². The van der Waals surface area contributed by atoms with E-state index in [9.17, 15) is 9.59 Å². The largest absolute Gasteiger partial charge is 0.444 e. The summed E-state index contributed by atoms with van der Waals surface area (Å²) in [5, 5.41) is 0. The fourth-order valence-corrected chi connectivity index (χ4v) is 5.17. The van der Waals surface area contributed by atoms with Gasteiger partial charge in [-0.3, -0.25) is 9.78 Å². The maximum absolute atomic E-state index is 13.5. The van der Waals surface area contributed by atoms with E-state index >= 15 is 0 Å². The molecular formula is C22H31N3O3. The summed E-state index contributed by atoms with van der Waals surface area (Å²) >= 11 is 0. The van der Waals surface area contributed by atoms with Crippen molar-refractivity contribution in [2.75, 3.05) is 19.6 Å². The molecule has 2 heterocycles. The van der Waals surface area contributed by atoms with Gasteiger partial charge in [-0.25, -0.2) is 4.79 Å². The van der Waals surface area contributed by atoms with Gasteiger partial charge in [0.15, 0.2) is 0 Å². The van der Waals surface area contributed by atoms with Crippen molar-refractivity contribution in [2.24, 2.45) is 17.8 Å². The van der Waals surface area contributed by atoms with E-state index < -0.39 is 5.60 Å². The average molecular weight is 386 g/mol. The number of nitrogens with zero attached hydrogens (tertiary/aromatic N) is 3. The number of hydrogen-bond acceptors (Lipinski definition) is 4. The van der Waals surface area contributed by atoms with Gasteiger partial charge in [0.2, 0.25) is 5.91 Å². The molecule has 0 unspecified atom stereocenters. The highest BCUT2D eigenvalue weighted by Gasteiger charge is 2.46. The van der Waals surface area contributed by atoms with Crippen LogP contribution < -0.4 is 0 Å². The van der Waals surface area contributed by atoms with Crippen LogP contribution in [0.1, 0.15) is 58.1 Å². The lowest BCUT2D eigenvalue weighted by atomic mass is 9.87. The number of fused-ring (bicyclic) bond motifs is 2. The number of aromatic nitrogens is 1. The Morgan fingerprint density at radius 2 is 1.86 bits per heavy atom. The van der Waals surface area contributed by atoms with Gasteiger partial charge in [-0.1, -0.05) is 6.42 Å². The number of pyridine rings is 1. The van der Waals surface area contributed by atoms with Gasteiger partial charge in [0.25, 0.3) is 0 Å². The Bertz CT molecular complexity index is 730. The fourth-order valence-electron chi connectivity index (χ4n) is 5.17. The quantitative estimate of drug-likeness (QED) is 0.780. The predicted molar refractivity (Wildman–Crippen MR) is 105 cm³/mol. The predicted octanol–water partition coefficient (Wildman–Crippen LogP) is 3.64. The Morgan fingerprint density at radius 1 is 1.11 bits per heavy atom. The van der Waals surface area contributed by atoms with Crippen molar-refractivity contribution in [2.45, 2.75) is 58.1 Å². The van der Waals surface area contributed by atoms with Crippen molar-refractivity contribution in [3.05, 3.63) is 30.1 Å². The van der Waals surface area contributed by atoms with Crippen molar-refractivity contribution >= 4 is 12.0 Å². The van der Waals surface area contributed by atoms with Crippen molar-refractivity contribution in [3.63, 3.8) is 0 Å². The third-order valence-electron chi connectivity index (χ3n) is 6.46. The first-order chi connectivity index (χ1) is 13.3. The van der Waals surface area contributed by atoms with E-state index in [4.69, 9.17) is 4.74 Å². The van der Waals surface area contributed by atoms with Crippen LogP contribution in [0.3, 0.4) is 0 Å². The number of piperazine rings is 1. The second-order valence-electron chi connectivity index (χ2n) is 9.54. The van der Waals surface area contributed by atoms with Crippen LogP contribution in [0.4, 0.5) is 4.79 Å². The van der Waals surface area contributed by atoms with Crippen LogP contribution in [-0.2, 0) is 9.53 Å². The molecule has 0 spiro atoms. The van der Waals surface area contributed by atoms with Crippen molar-refractivity contribution in [1.29, 1.82) is 0 Å². The molecule has 0 N–H and O–H groups in total. The van der Waals surface area contributed by atoms with E-state index in [1.165, 1.54) is 19.3 Å². The number of rotatable bonds is 2. The molecule has 4 atom stereocenters. The summed E-state index contributed by atoms with van der Waals surface area (Å²) in [5.74, 6) is 1.73. The molecular weight excluding hydrogens is 354 g/mol. The Labute approximate surface area is 167 Å². The van der Waals surface area contributed by atoms with E-state index in [0.717, 1.165) is 17.9 Å². The zero-order valence-corrected chi connectivity index (χ0v) is 17.1. The Hall–Kier alpha value is -2.11. The Morgan fingerprint density at radius 3 is 2.46 bits per heavy atom. The summed E-state index contributed by atoms with van der Waals surface area (Å²) in [7, 11) is 0. The van der Waals surface area contributed by atoms with Gasteiger partial charge >= 0.3 is 6.09 Å². The van der Waals surface area contributed by atoms with E-state index in [1.54, 1.807) is 17.3 Å². The van der Waals surface area contributed by atoms with Crippen molar-refractivity contribution in [3.8, 4) is 0 Å². The topological polar surface area (TPSA) is 62.7 Å². The monoisotopic (exact) mass is 385 g/mol. The van der Waals surface area contributed by atoms with Gasteiger partial charge in [-0.15, -0.1) is 0 Å². The van der Waals surface area contributed by atoms with Gasteiger partial charge in [0, 0.05) is 37.9 Å². The molecule has 1 aliphatic heterocycles. The van der Waals surface area contributed by atoms with Gasteiger partial charge < -0.3 is 14.5 Å². The molecule has 3 fully saturated rings. The molecule has 4 rings (SSSR count). The van der Waals surface area contributed by atoms with Crippen LogP contribution in [0.5, 0.6) is 0 Å². The number of amides is 2. The third kappa shape index (κ3) is 3.87. The summed E-state index contributed by atoms with van der Waals surface area (Å²) in [6.45, 7) is 7.16. The molecule has 2 amide bonds. The second kappa shape index (κ2) is 7.37. The minimum atomic E-state index is -0.528. The summed E-state index contributed by atoms with van der Waals surface area (Å²) in [4.78, 5) is 33.9. The van der Waals surface area contributed by atoms with Gasteiger partial charge in [-0.2, -0.15) is 0 Å². The normalized spacial score (nSPS) is 29.8. The van der Waals surface area contributed by atoms with Gasteiger partial charge in [-0.05, 0) is 69.6 Å². The fraction of sp³-hybridized carbons (Fsp3) is 0.682. The summed E-state index contributed by atoms with van der Waals surface area (Å²) in [5.41, 5.74) is 0.499. The van der Waals surface area contributed by atoms with Gasteiger partial charge in [0.1, 0.15) is 5.60 Å². The van der Waals surface area contributed by atoms with Crippen LogP contribution in [0.25, 0.3) is 0 Å². The lowest BCUT2D eigenvalue weighted by Gasteiger charge is -2.43. The number of hydrogen-bond donors (Lipinski definition) is 0. The Kier molecular flexibility index (Phi) is 5.06. The molecule has 1 saturated heterocycles. The number of carbonyl (C=O) groups is 2. The van der Waals surface area contributed by atoms with Crippen molar-refractivity contribution in [1.82, 2.24) is 14.8 Å². The third-order valence-corrected chi connectivity index (χ3v) is 6.46. The molecule has 152 valence electrons. The van der Waals surface area contributed by atoms with Gasteiger partial charge in [0.05, 0.1) is 6.04 Å². The van der Waals surface area contributed by atoms with Crippen LogP contribution in [0, 0.1) is 17.8 Å². The van der Waals surface area contributed by atoms with Crippen LogP contribution in [-0.4, -0.2) is 52.0 Å². The zero-order chi connectivity index (χ0) is 19.9. The first kappa shape index (κ1) is 19.2. The summed E-state index contributed by atoms with van der Waals surface area (Å²) < 4.78 is 5.57. The summed E-state index contributed by atoms with van der Waals surface area (Å²) in [6, 6.07) is 3.75. The van der Waals surface area contributed by atoms with Crippen LogP contribution >= 0.6 is 0 Å². The first-order valence-electron chi connectivity index (χ1n) is 10.5. The molecule has 0 radical (unpaired) electrons. The minimum Gasteiger partial charge on any atom is -0.444 e. The average Bonchev–Trinajstić information content (AvgIpc) is 3.30. The molecule has 6 nitrogen and oxygen atoms in total.